The number of carbonyl (C=O) groups excluding carboxylic acids is 2. The van der Waals surface area contributed by atoms with Crippen LogP contribution in [0.4, 0.5) is 11.4 Å². The second-order valence-electron chi connectivity index (χ2n) is 6.48. The maximum absolute atomic E-state index is 12.7. The number of carbonyl (C=O) groups is 2. The Balaban J connectivity index is 1.72. The van der Waals surface area contributed by atoms with E-state index in [1.807, 2.05) is 24.3 Å². The van der Waals surface area contributed by atoms with E-state index in [1.54, 1.807) is 30.2 Å². The van der Waals surface area contributed by atoms with Gasteiger partial charge in [0.1, 0.15) is 11.5 Å². The molecule has 27 heavy (non-hydrogen) atoms. The standard InChI is InChI=1S/C21H24N2O4/c1-4-14-5-7-16(8-6-14)23-13-15(11-20(23)24)21(25)22-18-12-17(26-2)9-10-19(18)27-3/h5-10,12,15H,4,11,13H2,1-3H3,(H,22,25). The van der Waals surface area contributed by atoms with Gasteiger partial charge >= 0.3 is 0 Å². The first-order valence-corrected chi connectivity index (χ1v) is 8.98. The van der Waals surface area contributed by atoms with Crippen LogP contribution >= 0.6 is 0 Å². The summed E-state index contributed by atoms with van der Waals surface area (Å²) in [5.41, 5.74) is 2.57. The lowest BCUT2D eigenvalue weighted by molar-refractivity contribution is -0.122. The van der Waals surface area contributed by atoms with Crippen molar-refractivity contribution in [2.45, 2.75) is 19.8 Å². The van der Waals surface area contributed by atoms with Crippen molar-refractivity contribution in [1.82, 2.24) is 0 Å². The molecule has 1 aliphatic heterocycles. The summed E-state index contributed by atoms with van der Waals surface area (Å²) >= 11 is 0. The van der Waals surface area contributed by atoms with Crippen molar-refractivity contribution in [3.05, 3.63) is 48.0 Å². The van der Waals surface area contributed by atoms with E-state index >= 15 is 0 Å². The van der Waals surface area contributed by atoms with E-state index < -0.39 is 5.92 Å². The average Bonchev–Trinajstić information content (AvgIpc) is 3.09. The summed E-state index contributed by atoms with van der Waals surface area (Å²) in [5.74, 6) is 0.491. The van der Waals surface area contributed by atoms with Gasteiger partial charge in [-0.3, -0.25) is 9.59 Å². The maximum atomic E-state index is 12.7. The summed E-state index contributed by atoms with van der Waals surface area (Å²) in [4.78, 5) is 26.8. The van der Waals surface area contributed by atoms with Crippen LogP contribution in [0.1, 0.15) is 18.9 Å². The second kappa shape index (κ2) is 8.12. The summed E-state index contributed by atoms with van der Waals surface area (Å²) in [5, 5.41) is 2.87. The molecule has 1 saturated heterocycles. The van der Waals surface area contributed by atoms with Crippen molar-refractivity contribution in [3.8, 4) is 11.5 Å². The molecule has 2 amide bonds. The first-order valence-electron chi connectivity index (χ1n) is 8.98. The topological polar surface area (TPSA) is 67.9 Å². The smallest absolute Gasteiger partial charge is 0.229 e. The highest BCUT2D eigenvalue weighted by Gasteiger charge is 2.35. The average molecular weight is 368 g/mol. The highest BCUT2D eigenvalue weighted by Crippen LogP contribution is 2.31. The van der Waals surface area contributed by atoms with Crippen LogP contribution in [0.2, 0.25) is 0 Å². The minimum absolute atomic E-state index is 0.0444. The zero-order chi connectivity index (χ0) is 19.4. The Labute approximate surface area is 159 Å². The second-order valence-corrected chi connectivity index (χ2v) is 6.48. The Morgan fingerprint density at radius 2 is 1.89 bits per heavy atom. The Morgan fingerprint density at radius 3 is 2.52 bits per heavy atom. The predicted octanol–water partition coefficient (Wildman–Crippen LogP) is 3.26. The zero-order valence-corrected chi connectivity index (χ0v) is 15.8. The highest BCUT2D eigenvalue weighted by atomic mass is 16.5. The molecular formula is C21H24N2O4. The SMILES string of the molecule is CCc1ccc(N2CC(C(=O)Nc3cc(OC)ccc3OC)CC2=O)cc1. The van der Waals surface area contributed by atoms with Crippen LogP contribution in [0.25, 0.3) is 0 Å². The number of ether oxygens (including phenoxy) is 2. The molecule has 6 heteroatoms. The third kappa shape index (κ3) is 4.05. The highest BCUT2D eigenvalue weighted by molar-refractivity contribution is 6.04. The molecular weight excluding hydrogens is 344 g/mol. The third-order valence-electron chi connectivity index (χ3n) is 4.82. The fourth-order valence-corrected chi connectivity index (χ4v) is 3.19. The van der Waals surface area contributed by atoms with Crippen molar-refractivity contribution < 1.29 is 19.1 Å². The van der Waals surface area contributed by atoms with E-state index in [4.69, 9.17) is 9.47 Å². The number of aryl methyl sites for hydroxylation is 1. The van der Waals surface area contributed by atoms with Crippen molar-refractivity contribution >= 4 is 23.2 Å². The molecule has 3 rings (SSSR count). The molecule has 0 saturated carbocycles. The molecule has 2 aromatic rings. The Hall–Kier alpha value is -3.02. The van der Waals surface area contributed by atoms with Gasteiger partial charge in [-0.2, -0.15) is 0 Å². The molecule has 1 aliphatic rings. The van der Waals surface area contributed by atoms with E-state index in [0.29, 0.717) is 23.7 Å². The number of hydrogen-bond donors (Lipinski definition) is 1. The number of amides is 2. The lowest BCUT2D eigenvalue weighted by atomic mass is 10.1. The first-order chi connectivity index (χ1) is 13.0. The largest absolute Gasteiger partial charge is 0.497 e. The number of rotatable bonds is 6. The fraction of sp³-hybridized carbons (Fsp3) is 0.333. The lowest BCUT2D eigenvalue weighted by Gasteiger charge is -2.17. The molecule has 0 spiro atoms. The van der Waals surface area contributed by atoms with Crippen LogP contribution < -0.4 is 19.7 Å². The molecule has 6 nitrogen and oxygen atoms in total. The van der Waals surface area contributed by atoms with Crippen LogP contribution in [0.3, 0.4) is 0 Å². The van der Waals surface area contributed by atoms with Crippen molar-refractivity contribution in [2.75, 3.05) is 31.0 Å². The third-order valence-corrected chi connectivity index (χ3v) is 4.82. The minimum Gasteiger partial charge on any atom is -0.497 e. The predicted molar refractivity (Wildman–Crippen MR) is 104 cm³/mol. The fourth-order valence-electron chi connectivity index (χ4n) is 3.19. The van der Waals surface area contributed by atoms with Gasteiger partial charge in [-0.25, -0.2) is 0 Å². The quantitative estimate of drug-likeness (QED) is 0.850. The van der Waals surface area contributed by atoms with Gasteiger partial charge in [0, 0.05) is 24.7 Å². The van der Waals surface area contributed by atoms with Crippen molar-refractivity contribution in [1.29, 1.82) is 0 Å². The minimum atomic E-state index is -0.417. The number of nitrogens with zero attached hydrogens (tertiary/aromatic N) is 1. The first kappa shape index (κ1) is 18.8. The number of methoxy groups -OCH3 is 2. The molecule has 1 unspecified atom stereocenters. The van der Waals surface area contributed by atoms with Gasteiger partial charge in [0.2, 0.25) is 11.8 Å². The molecule has 2 aromatic carbocycles. The van der Waals surface area contributed by atoms with Gasteiger partial charge in [0.05, 0.1) is 25.8 Å². The van der Waals surface area contributed by atoms with E-state index in [-0.39, 0.29) is 18.2 Å². The molecule has 0 aromatic heterocycles. The van der Waals surface area contributed by atoms with E-state index in [9.17, 15) is 9.59 Å². The van der Waals surface area contributed by atoms with Crippen LogP contribution in [-0.2, 0) is 16.0 Å². The van der Waals surface area contributed by atoms with Crippen LogP contribution in [0, 0.1) is 5.92 Å². The van der Waals surface area contributed by atoms with Gasteiger partial charge < -0.3 is 19.7 Å². The van der Waals surface area contributed by atoms with Crippen molar-refractivity contribution in [2.24, 2.45) is 5.92 Å². The number of nitrogens with one attached hydrogen (secondary N) is 1. The molecule has 0 aliphatic carbocycles. The van der Waals surface area contributed by atoms with Gasteiger partial charge in [-0.1, -0.05) is 19.1 Å². The van der Waals surface area contributed by atoms with E-state index in [0.717, 1.165) is 12.1 Å². The number of anilines is 2. The zero-order valence-electron chi connectivity index (χ0n) is 15.8. The summed E-state index contributed by atoms with van der Waals surface area (Å²) in [7, 11) is 3.10. The molecule has 1 N–H and O–H groups in total. The van der Waals surface area contributed by atoms with Gasteiger partial charge in [0.15, 0.2) is 0 Å². The number of hydrogen-bond acceptors (Lipinski definition) is 4. The van der Waals surface area contributed by atoms with Gasteiger partial charge in [0.25, 0.3) is 0 Å². The normalized spacial score (nSPS) is 16.3. The van der Waals surface area contributed by atoms with Crippen LogP contribution in [0.15, 0.2) is 42.5 Å². The summed E-state index contributed by atoms with van der Waals surface area (Å²) < 4.78 is 10.5. The maximum Gasteiger partial charge on any atom is 0.229 e. The van der Waals surface area contributed by atoms with Crippen molar-refractivity contribution in [3.63, 3.8) is 0 Å². The Bertz CT molecular complexity index is 833. The molecule has 1 heterocycles. The van der Waals surface area contributed by atoms with Gasteiger partial charge in [-0.05, 0) is 36.2 Å². The van der Waals surface area contributed by atoms with E-state index in [2.05, 4.69) is 12.2 Å². The van der Waals surface area contributed by atoms with Crippen LogP contribution in [0.5, 0.6) is 11.5 Å². The molecule has 1 atom stereocenters. The summed E-state index contributed by atoms with van der Waals surface area (Å²) in [6.07, 6.45) is 1.13. The monoisotopic (exact) mass is 368 g/mol. The molecule has 0 bridgehead atoms. The van der Waals surface area contributed by atoms with Gasteiger partial charge in [-0.15, -0.1) is 0 Å². The summed E-state index contributed by atoms with van der Waals surface area (Å²) in [6, 6.07) is 13.1. The van der Waals surface area contributed by atoms with E-state index in [1.165, 1.54) is 12.7 Å². The summed E-state index contributed by atoms with van der Waals surface area (Å²) in [6.45, 7) is 2.45. The lowest BCUT2D eigenvalue weighted by Crippen LogP contribution is -2.28. The number of benzene rings is 2. The Morgan fingerprint density at radius 1 is 1.15 bits per heavy atom. The molecule has 1 fully saturated rings. The molecule has 142 valence electrons. The van der Waals surface area contributed by atoms with Crippen LogP contribution in [-0.4, -0.2) is 32.6 Å². The molecule has 0 radical (unpaired) electrons. The Kier molecular flexibility index (Phi) is 5.64.